The van der Waals surface area contributed by atoms with Crippen molar-refractivity contribution in [2.24, 2.45) is 47.3 Å². The van der Waals surface area contributed by atoms with Crippen LogP contribution in [0.2, 0.25) is 0 Å². The van der Waals surface area contributed by atoms with Crippen LogP contribution in [0.4, 0.5) is 11.4 Å². The lowest BCUT2D eigenvalue weighted by Crippen LogP contribution is -2.61. The van der Waals surface area contributed by atoms with Crippen LogP contribution >= 0.6 is 0 Å². The Labute approximate surface area is 359 Å². The van der Waals surface area contributed by atoms with E-state index in [1.807, 2.05) is 0 Å². The van der Waals surface area contributed by atoms with E-state index in [1.165, 1.54) is 77.0 Å². The molecular formula is C48H74N10O2. The van der Waals surface area contributed by atoms with Gasteiger partial charge >= 0.3 is 0 Å². The highest BCUT2D eigenvalue weighted by molar-refractivity contribution is 5.50. The summed E-state index contributed by atoms with van der Waals surface area (Å²) in [6, 6.07) is 17.1. The average Bonchev–Trinajstić information content (AvgIpc) is 3.99. The maximum Gasteiger partial charge on any atom is 0.136 e. The van der Waals surface area contributed by atoms with Crippen molar-refractivity contribution in [3.05, 3.63) is 48.5 Å². The van der Waals surface area contributed by atoms with E-state index in [-0.39, 0.29) is 36.9 Å². The summed E-state index contributed by atoms with van der Waals surface area (Å²) in [5.74, 6) is 6.40. The number of rotatable bonds is 6. The summed E-state index contributed by atoms with van der Waals surface area (Å²) in [6.45, 7) is 0. The lowest BCUT2D eigenvalue weighted by Gasteiger charge is -2.41. The second-order valence-electron chi connectivity index (χ2n) is 20.9. The summed E-state index contributed by atoms with van der Waals surface area (Å²) >= 11 is 0. The fourth-order valence-electron chi connectivity index (χ4n) is 14.2. The first-order valence-electron chi connectivity index (χ1n) is 24.3. The van der Waals surface area contributed by atoms with E-state index in [2.05, 4.69) is 129 Å². The summed E-state index contributed by atoms with van der Waals surface area (Å²) in [7, 11) is 8.39. The Morgan fingerprint density at radius 2 is 0.650 bits per heavy atom. The van der Waals surface area contributed by atoms with Gasteiger partial charge in [0, 0.05) is 51.7 Å². The van der Waals surface area contributed by atoms with Crippen LogP contribution in [-0.2, 0) is 0 Å². The van der Waals surface area contributed by atoms with Crippen molar-refractivity contribution in [3.8, 4) is 11.5 Å². The van der Waals surface area contributed by atoms with Crippen molar-refractivity contribution in [2.45, 2.75) is 151 Å². The number of anilines is 2. The molecule has 5 saturated heterocycles. The molecule has 5 aliphatic heterocycles. The maximum atomic E-state index is 7.13. The minimum absolute atomic E-state index is 0.106. The molecule has 2 aromatic carbocycles. The molecule has 18 atom stereocenters. The molecule has 11 rings (SSSR count). The first-order valence-corrected chi connectivity index (χ1v) is 24.3. The Balaban J connectivity index is 0.936. The van der Waals surface area contributed by atoms with E-state index in [0.717, 1.165) is 35.7 Å². The summed E-state index contributed by atoms with van der Waals surface area (Å²) in [6.07, 6.45) is 19.6. The van der Waals surface area contributed by atoms with Gasteiger partial charge in [0.1, 0.15) is 23.7 Å². The van der Waals surface area contributed by atoms with Gasteiger partial charge in [-0.2, -0.15) is 0 Å². The zero-order valence-electron chi connectivity index (χ0n) is 36.6. The number of hydrogen-bond acceptors (Lipinski definition) is 12. The highest BCUT2D eigenvalue weighted by atomic mass is 16.5. The summed E-state index contributed by atoms with van der Waals surface area (Å²) in [5, 5.41) is 34.3. The van der Waals surface area contributed by atoms with Gasteiger partial charge < -0.3 is 19.3 Å². The van der Waals surface area contributed by atoms with E-state index in [9.17, 15) is 0 Å². The van der Waals surface area contributed by atoms with Crippen LogP contribution in [-0.4, -0.2) is 89.7 Å². The van der Waals surface area contributed by atoms with Gasteiger partial charge in [-0.05, 0) is 123 Å². The number of hydrogen-bond donors (Lipinski definition) is 8. The van der Waals surface area contributed by atoms with Crippen molar-refractivity contribution in [1.82, 2.24) is 42.5 Å². The van der Waals surface area contributed by atoms with Gasteiger partial charge in [-0.1, -0.05) is 50.7 Å². The predicted octanol–water partition coefficient (Wildman–Crippen LogP) is 4.85. The Hall–Kier alpha value is -2.68. The van der Waals surface area contributed by atoms with E-state index in [0.29, 0.717) is 72.0 Å². The smallest absolute Gasteiger partial charge is 0.136 e. The molecule has 18 unspecified atom stereocenters. The number of fused-ring (bicyclic) bond motifs is 20. The van der Waals surface area contributed by atoms with Gasteiger partial charge in [0.05, 0.1) is 49.3 Å². The van der Waals surface area contributed by atoms with Gasteiger partial charge in [0.25, 0.3) is 0 Å². The Morgan fingerprint density at radius 1 is 0.383 bits per heavy atom. The molecule has 4 saturated carbocycles. The fraction of sp³-hybridized carbons (Fsp3) is 0.750. The standard InChI is InChI=1S/C48H74N10O2/c1-57(2)27-13-11-15-29(23-27)59-39-25-37-38(26-40(39)60-30-16-12-14-28(24-30)58(3)4)48-55-46-36-22-10-8-20-34(36)44(53-46)51-42-32-18-6-5-17-31(32)41(49-42)50-43-33-19-7-9-21-35(33)45(52-43)54-47(37)56-48/h11-16,23-24,31-56H,5-10,17-22,25-26H2,1-4H3. The molecule has 5 heterocycles. The number of nitrogens with zero attached hydrogens (tertiary/aromatic N) is 2. The third kappa shape index (κ3) is 7.62. The minimum atomic E-state index is -0.106. The predicted molar refractivity (Wildman–Crippen MR) is 238 cm³/mol. The lowest BCUT2D eigenvalue weighted by atomic mass is 9.75. The minimum Gasteiger partial charge on any atom is -0.486 e. The Bertz CT molecular complexity index is 1670. The van der Waals surface area contributed by atoms with E-state index < -0.39 is 0 Å². The van der Waals surface area contributed by atoms with Gasteiger partial charge in [-0.25, -0.2) is 0 Å². The van der Waals surface area contributed by atoms with Crippen molar-refractivity contribution in [3.63, 3.8) is 0 Å². The third-order valence-corrected chi connectivity index (χ3v) is 17.1. The molecular weight excluding hydrogens is 749 g/mol. The topological polar surface area (TPSA) is 121 Å². The summed E-state index contributed by atoms with van der Waals surface area (Å²) in [5.41, 5.74) is 2.29. The van der Waals surface area contributed by atoms with Gasteiger partial charge in [-0.15, -0.1) is 0 Å². The average molecular weight is 823 g/mol. The first kappa shape index (κ1) is 40.1. The molecule has 8 bridgehead atoms. The second-order valence-corrected chi connectivity index (χ2v) is 20.9. The van der Waals surface area contributed by atoms with Gasteiger partial charge in [0.2, 0.25) is 0 Å². The van der Waals surface area contributed by atoms with Crippen molar-refractivity contribution < 1.29 is 9.47 Å². The fourth-order valence-corrected chi connectivity index (χ4v) is 14.2. The molecule has 0 radical (unpaired) electrons. The Morgan fingerprint density at radius 3 is 0.917 bits per heavy atom. The third-order valence-electron chi connectivity index (χ3n) is 17.1. The van der Waals surface area contributed by atoms with E-state index in [1.54, 1.807) is 0 Å². The molecule has 12 heteroatoms. The highest BCUT2D eigenvalue weighted by Crippen LogP contribution is 2.47. The van der Waals surface area contributed by atoms with Crippen LogP contribution in [0, 0.1) is 47.3 Å². The molecule has 0 aromatic heterocycles. The zero-order chi connectivity index (χ0) is 40.5. The maximum absolute atomic E-state index is 7.13. The Kier molecular flexibility index (Phi) is 11.2. The molecule has 0 spiro atoms. The first-order chi connectivity index (χ1) is 29.3. The SMILES string of the molecule is CN(C)c1cccc(OC2CC3C4NC5NC(NC6NC(NC7NC(NC(N4)C3CC2Oc2cccc(N(C)C)c2)C2CCCCC72)C2CCCCC62)C2CCCCC52)c1. The monoisotopic (exact) mass is 823 g/mol. The normalized spacial score (nSPS) is 44.5. The van der Waals surface area contributed by atoms with E-state index >= 15 is 0 Å². The molecule has 12 nitrogen and oxygen atoms in total. The molecule has 0 amide bonds. The molecule has 9 aliphatic rings. The quantitative estimate of drug-likeness (QED) is 0.204. The molecule has 2 aromatic rings. The number of nitrogens with one attached hydrogen (secondary N) is 8. The highest BCUT2D eigenvalue weighted by Gasteiger charge is 2.56. The van der Waals surface area contributed by atoms with Crippen LogP contribution in [0.1, 0.15) is 89.9 Å². The van der Waals surface area contributed by atoms with Crippen molar-refractivity contribution in [1.29, 1.82) is 0 Å². The number of benzene rings is 2. The summed E-state index contributed by atoms with van der Waals surface area (Å²) in [4.78, 5) is 4.31. The molecule has 60 heavy (non-hydrogen) atoms. The van der Waals surface area contributed by atoms with Crippen molar-refractivity contribution >= 4 is 11.4 Å². The van der Waals surface area contributed by atoms with Crippen LogP contribution in [0.3, 0.4) is 0 Å². The molecule has 328 valence electrons. The van der Waals surface area contributed by atoms with E-state index in [4.69, 9.17) is 9.47 Å². The lowest BCUT2D eigenvalue weighted by molar-refractivity contribution is -0.0222. The summed E-state index contributed by atoms with van der Waals surface area (Å²) < 4.78 is 14.3. The largest absolute Gasteiger partial charge is 0.486 e. The molecule has 9 fully saturated rings. The van der Waals surface area contributed by atoms with Crippen LogP contribution in [0.5, 0.6) is 11.5 Å². The van der Waals surface area contributed by atoms with Gasteiger partial charge in [-0.3, -0.25) is 42.5 Å². The van der Waals surface area contributed by atoms with Crippen molar-refractivity contribution in [2.75, 3.05) is 38.0 Å². The number of ether oxygens (including phenoxy) is 2. The van der Waals surface area contributed by atoms with Crippen LogP contribution < -0.4 is 61.8 Å². The molecule has 4 aliphatic carbocycles. The molecule has 8 N–H and O–H groups in total. The van der Waals surface area contributed by atoms with Crippen LogP contribution in [0.25, 0.3) is 0 Å². The second kappa shape index (κ2) is 16.8. The zero-order valence-corrected chi connectivity index (χ0v) is 36.6. The van der Waals surface area contributed by atoms with Gasteiger partial charge in [0.15, 0.2) is 0 Å². The van der Waals surface area contributed by atoms with Crippen LogP contribution in [0.15, 0.2) is 48.5 Å².